The van der Waals surface area contributed by atoms with Crippen LogP contribution in [0.15, 0.2) is 57.8 Å². The number of piperidine rings is 1. The molecule has 1 aliphatic heterocycles. The molecule has 1 fully saturated rings. The van der Waals surface area contributed by atoms with Gasteiger partial charge in [-0.2, -0.15) is 4.31 Å². The SMILES string of the molecule is C[C@@H]1C[C@@H](C)CN(S(=O)(=O)c2ccc(C(=O)Nc3nnc(-c4ccc(F)cc4)o3)cc2)C1. The van der Waals surface area contributed by atoms with E-state index in [-0.39, 0.29) is 22.4 Å². The van der Waals surface area contributed by atoms with Crippen molar-refractivity contribution in [1.29, 1.82) is 0 Å². The number of nitrogens with one attached hydrogen (secondary N) is 1. The summed E-state index contributed by atoms with van der Waals surface area (Å²) in [4.78, 5) is 12.6. The number of hydrogen-bond acceptors (Lipinski definition) is 6. The van der Waals surface area contributed by atoms with Crippen molar-refractivity contribution in [2.24, 2.45) is 11.8 Å². The number of anilines is 1. The third-order valence-corrected chi connectivity index (χ3v) is 7.17. The maximum Gasteiger partial charge on any atom is 0.322 e. The Morgan fingerprint density at radius 1 is 1.03 bits per heavy atom. The topological polar surface area (TPSA) is 105 Å². The Balaban J connectivity index is 1.45. The van der Waals surface area contributed by atoms with E-state index in [1.165, 1.54) is 52.8 Å². The van der Waals surface area contributed by atoms with Crippen LogP contribution in [-0.2, 0) is 10.0 Å². The smallest absolute Gasteiger partial charge is 0.322 e. The van der Waals surface area contributed by atoms with Gasteiger partial charge < -0.3 is 4.42 Å². The molecule has 2 heterocycles. The summed E-state index contributed by atoms with van der Waals surface area (Å²) in [6, 6.07) is 11.1. The lowest BCUT2D eigenvalue weighted by Gasteiger charge is -2.34. The van der Waals surface area contributed by atoms with Crippen molar-refractivity contribution in [3.05, 3.63) is 59.9 Å². The summed E-state index contributed by atoms with van der Waals surface area (Å²) < 4.78 is 45.9. The summed E-state index contributed by atoms with van der Waals surface area (Å²) in [5.41, 5.74) is 0.751. The van der Waals surface area contributed by atoms with Gasteiger partial charge in [-0.3, -0.25) is 10.1 Å². The van der Waals surface area contributed by atoms with E-state index in [1.807, 2.05) is 13.8 Å². The van der Waals surface area contributed by atoms with Crippen molar-refractivity contribution in [1.82, 2.24) is 14.5 Å². The Labute approximate surface area is 185 Å². The quantitative estimate of drug-likeness (QED) is 0.624. The van der Waals surface area contributed by atoms with Crippen LogP contribution < -0.4 is 5.32 Å². The molecule has 4 rings (SSSR count). The molecule has 8 nitrogen and oxygen atoms in total. The van der Waals surface area contributed by atoms with Crippen LogP contribution in [0.1, 0.15) is 30.6 Å². The second-order valence-electron chi connectivity index (χ2n) is 8.17. The Kier molecular flexibility index (Phi) is 6.07. The van der Waals surface area contributed by atoms with Gasteiger partial charge in [0, 0.05) is 24.2 Å². The van der Waals surface area contributed by atoms with Crippen molar-refractivity contribution in [3.63, 3.8) is 0 Å². The molecule has 1 aromatic heterocycles. The number of nitrogens with zero attached hydrogens (tertiary/aromatic N) is 3. The highest BCUT2D eigenvalue weighted by Gasteiger charge is 2.31. The minimum Gasteiger partial charge on any atom is -0.403 e. The fraction of sp³-hybridized carbons (Fsp3) is 0.318. The number of hydrogen-bond donors (Lipinski definition) is 1. The lowest BCUT2D eigenvalue weighted by molar-refractivity contribution is 0.102. The maximum atomic E-state index is 13.0. The van der Waals surface area contributed by atoms with E-state index >= 15 is 0 Å². The summed E-state index contributed by atoms with van der Waals surface area (Å²) in [5.74, 6) is -0.188. The van der Waals surface area contributed by atoms with Crippen LogP contribution in [0.25, 0.3) is 11.5 Å². The molecule has 0 saturated carbocycles. The van der Waals surface area contributed by atoms with E-state index in [2.05, 4.69) is 15.5 Å². The van der Waals surface area contributed by atoms with Crippen LogP contribution in [0, 0.1) is 17.7 Å². The number of halogens is 1. The number of amides is 1. The van der Waals surface area contributed by atoms with Gasteiger partial charge in [0.2, 0.25) is 15.9 Å². The monoisotopic (exact) mass is 458 g/mol. The van der Waals surface area contributed by atoms with Crippen molar-refractivity contribution in [3.8, 4) is 11.5 Å². The average Bonchev–Trinajstić information content (AvgIpc) is 3.22. The van der Waals surface area contributed by atoms with E-state index in [1.54, 1.807) is 0 Å². The zero-order chi connectivity index (χ0) is 22.9. The fourth-order valence-electron chi connectivity index (χ4n) is 3.88. The largest absolute Gasteiger partial charge is 0.403 e. The molecular weight excluding hydrogens is 435 g/mol. The normalized spacial score (nSPS) is 19.6. The average molecular weight is 459 g/mol. The first-order chi connectivity index (χ1) is 15.2. The molecule has 1 saturated heterocycles. The molecule has 0 unspecified atom stereocenters. The molecule has 168 valence electrons. The molecule has 0 bridgehead atoms. The summed E-state index contributed by atoms with van der Waals surface area (Å²) in [7, 11) is -3.63. The van der Waals surface area contributed by atoms with E-state index in [0.29, 0.717) is 30.5 Å². The van der Waals surface area contributed by atoms with Gasteiger partial charge in [0.15, 0.2) is 0 Å². The van der Waals surface area contributed by atoms with Crippen LogP contribution >= 0.6 is 0 Å². The predicted octanol–water partition coefficient (Wildman–Crippen LogP) is 3.79. The Bertz CT molecular complexity index is 1200. The van der Waals surface area contributed by atoms with E-state index in [4.69, 9.17) is 4.42 Å². The van der Waals surface area contributed by atoms with Crippen LogP contribution in [0.3, 0.4) is 0 Å². The number of benzene rings is 2. The van der Waals surface area contributed by atoms with Gasteiger partial charge in [0.25, 0.3) is 5.91 Å². The number of carbonyl (C=O) groups is 1. The zero-order valence-electron chi connectivity index (χ0n) is 17.7. The molecule has 32 heavy (non-hydrogen) atoms. The zero-order valence-corrected chi connectivity index (χ0v) is 18.5. The molecule has 0 aliphatic carbocycles. The van der Waals surface area contributed by atoms with E-state index in [0.717, 1.165) is 6.42 Å². The summed E-state index contributed by atoms with van der Waals surface area (Å²) in [5, 5.41) is 10.1. The minimum atomic E-state index is -3.63. The summed E-state index contributed by atoms with van der Waals surface area (Å²) in [6.45, 7) is 5.07. The van der Waals surface area contributed by atoms with Crippen molar-refractivity contribution < 1.29 is 22.0 Å². The first-order valence-corrected chi connectivity index (χ1v) is 11.7. The van der Waals surface area contributed by atoms with Gasteiger partial charge in [0.05, 0.1) is 4.90 Å². The highest BCUT2D eigenvalue weighted by Crippen LogP contribution is 2.27. The molecule has 10 heteroatoms. The van der Waals surface area contributed by atoms with Crippen molar-refractivity contribution in [2.75, 3.05) is 18.4 Å². The van der Waals surface area contributed by atoms with Crippen molar-refractivity contribution in [2.45, 2.75) is 25.2 Å². The van der Waals surface area contributed by atoms with Crippen LogP contribution in [0.2, 0.25) is 0 Å². The van der Waals surface area contributed by atoms with Gasteiger partial charge in [-0.15, -0.1) is 5.10 Å². The van der Waals surface area contributed by atoms with Gasteiger partial charge in [-0.1, -0.05) is 18.9 Å². The van der Waals surface area contributed by atoms with Gasteiger partial charge >= 0.3 is 6.01 Å². The predicted molar refractivity (Wildman–Crippen MR) is 116 cm³/mol. The molecule has 0 spiro atoms. The molecule has 2 atom stereocenters. The summed E-state index contributed by atoms with van der Waals surface area (Å²) in [6.07, 6.45) is 1.00. The third kappa shape index (κ3) is 4.71. The molecule has 1 N–H and O–H groups in total. The second-order valence-corrected chi connectivity index (χ2v) is 10.1. The third-order valence-electron chi connectivity index (χ3n) is 5.33. The molecule has 0 radical (unpaired) electrons. The lowest BCUT2D eigenvalue weighted by atomic mass is 9.94. The summed E-state index contributed by atoms with van der Waals surface area (Å²) >= 11 is 0. The van der Waals surface area contributed by atoms with Crippen LogP contribution in [0.5, 0.6) is 0 Å². The molecule has 3 aromatic rings. The number of sulfonamides is 1. The molecule has 1 aliphatic rings. The second kappa shape index (κ2) is 8.79. The molecule has 1 amide bonds. The van der Waals surface area contributed by atoms with Gasteiger partial charge in [0.1, 0.15) is 5.82 Å². The van der Waals surface area contributed by atoms with Gasteiger partial charge in [-0.25, -0.2) is 12.8 Å². The van der Waals surface area contributed by atoms with Gasteiger partial charge in [-0.05, 0) is 66.8 Å². The Morgan fingerprint density at radius 3 is 2.28 bits per heavy atom. The molecule has 2 aromatic carbocycles. The van der Waals surface area contributed by atoms with Crippen LogP contribution in [0.4, 0.5) is 10.4 Å². The number of carbonyl (C=O) groups excluding carboxylic acids is 1. The standard InChI is InChI=1S/C22H23FN4O4S/c1-14-11-15(2)13-27(12-14)32(29,30)19-9-5-16(6-10-19)20(28)24-22-26-25-21(31-22)17-3-7-18(23)8-4-17/h3-10,14-15H,11-13H2,1-2H3,(H,24,26,28)/t14-,15-/m1/s1. The maximum absolute atomic E-state index is 13.0. The molecular formula is C22H23FN4O4S. The highest BCUT2D eigenvalue weighted by atomic mass is 32.2. The number of aromatic nitrogens is 2. The lowest BCUT2D eigenvalue weighted by Crippen LogP contribution is -2.42. The Hall–Kier alpha value is -3.11. The fourth-order valence-corrected chi connectivity index (χ4v) is 5.56. The Morgan fingerprint density at radius 2 is 1.66 bits per heavy atom. The number of rotatable bonds is 5. The van der Waals surface area contributed by atoms with E-state index in [9.17, 15) is 17.6 Å². The first kappa shape index (κ1) is 22.1. The van der Waals surface area contributed by atoms with Crippen molar-refractivity contribution >= 4 is 21.9 Å². The first-order valence-electron chi connectivity index (χ1n) is 10.2. The highest BCUT2D eigenvalue weighted by molar-refractivity contribution is 7.89. The minimum absolute atomic E-state index is 0.123. The van der Waals surface area contributed by atoms with Crippen LogP contribution in [-0.4, -0.2) is 41.9 Å². The van der Waals surface area contributed by atoms with E-state index < -0.39 is 21.7 Å².